The van der Waals surface area contributed by atoms with Crippen molar-refractivity contribution in [3.05, 3.63) is 29.8 Å². The maximum atomic E-state index is 11.9. The lowest BCUT2D eigenvalue weighted by atomic mass is 10.1. The number of hydrogen-bond acceptors (Lipinski definition) is 5. The van der Waals surface area contributed by atoms with E-state index < -0.39 is 28.8 Å². The zero-order valence-corrected chi connectivity index (χ0v) is 10.9. The van der Waals surface area contributed by atoms with Gasteiger partial charge in [0.15, 0.2) is 0 Å². The number of aliphatic hydroxyl groups excluding tert-OH is 2. The first-order chi connectivity index (χ1) is 8.30. The third kappa shape index (κ3) is 4.26. The number of nitrogens with two attached hydrogens (primary N) is 1. The van der Waals surface area contributed by atoms with Crippen molar-refractivity contribution in [1.82, 2.24) is 4.72 Å². The molecule has 6 nitrogen and oxygen atoms in total. The van der Waals surface area contributed by atoms with Crippen molar-refractivity contribution >= 4 is 15.7 Å². The minimum Gasteiger partial charge on any atom is -0.399 e. The zero-order chi connectivity index (χ0) is 13.8. The lowest BCUT2D eigenvalue weighted by Crippen LogP contribution is -2.51. The van der Waals surface area contributed by atoms with Crippen LogP contribution in [0.3, 0.4) is 0 Å². The Balaban J connectivity index is 2.83. The molecule has 0 saturated carbocycles. The Morgan fingerprint density at radius 3 is 2.44 bits per heavy atom. The summed E-state index contributed by atoms with van der Waals surface area (Å²) in [6.45, 7) is 0.448. The number of hydrogen-bond donors (Lipinski definition) is 4. The van der Waals surface area contributed by atoms with Crippen molar-refractivity contribution < 1.29 is 18.6 Å². The first-order valence-electron chi connectivity index (χ1n) is 5.38. The maximum Gasteiger partial charge on any atom is 0.216 e. The standard InChI is InChI=1S/C11H18N2O4S/c1-11(7-14,8-15)13-18(16,17)6-9-3-2-4-10(12)5-9/h2-5,13-15H,6-8,12H2,1H3. The third-order valence-electron chi connectivity index (χ3n) is 2.41. The van der Waals surface area contributed by atoms with Gasteiger partial charge in [-0.3, -0.25) is 0 Å². The fraction of sp³-hybridized carbons (Fsp3) is 0.455. The van der Waals surface area contributed by atoms with E-state index in [-0.39, 0.29) is 5.75 Å². The van der Waals surface area contributed by atoms with E-state index in [1.807, 2.05) is 0 Å². The molecule has 0 aliphatic heterocycles. The number of nitrogens with one attached hydrogen (secondary N) is 1. The van der Waals surface area contributed by atoms with Crippen LogP contribution in [0.4, 0.5) is 5.69 Å². The molecule has 1 aromatic rings. The largest absolute Gasteiger partial charge is 0.399 e. The smallest absolute Gasteiger partial charge is 0.216 e. The second-order valence-electron chi connectivity index (χ2n) is 4.48. The molecular formula is C11H18N2O4S. The lowest BCUT2D eigenvalue weighted by molar-refractivity contribution is 0.121. The van der Waals surface area contributed by atoms with Crippen LogP contribution >= 0.6 is 0 Å². The van der Waals surface area contributed by atoms with Gasteiger partial charge in [0, 0.05) is 5.69 Å². The molecule has 1 rings (SSSR count). The van der Waals surface area contributed by atoms with Gasteiger partial charge in [-0.05, 0) is 24.6 Å². The highest BCUT2D eigenvalue weighted by atomic mass is 32.2. The van der Waals surface area contributed by atoms with Crippen molar-refractivity contribution in [3.63, 3.8) is 0 Å². The van der Waals surface area contributed by atoms with Crippen LogP contribution in [0.1, 0.15) is 12.5 Å². The van der Waals surface area contributed by atoms with Gasteiger partial charge in [-0.25, -0.2) is 13.1 Å². The Labute approximate surface area is 106 Å². The zero-order valence-electron chi connectivity index (χ0n) is 10.1. The molecule has 0 radical (unpaired) electrons. The predicted octanol–water partition coefficient (Wildman–Crippen LogP) is -0.568. The topological polar surface area (TPSA) is 113 Å². The SMILES string of the molecule is CC(CO)(CO)NS(=O)(=O)Cc1cccc(N)c1. The Bertz CT molecular complexity index is 498. The fourth-order valence-electron chi connectivity index (χ4n) is 1.43. The summed E-state index contributed by atoms with van der Waals surface area (Å²) in [5, 5.41) is 18.1. The van der Waals surface area contributed by atoms with E-state index in [9.17, 15) is 8.42 Å². The van der Waals surface area contributed by atoms with Crippen LogP contribution in [0, 0.1) is 0 Å². The molecular weight excluding hydrogens is 256 g/mol. The molecule has 0 amide bonds. The van der Waals surface area contributed by atoms with Crippen LogP contribution < -0.4 is 10.5 Å². The van der Waals surface area contributed by atoms with Crippen LogP contribution in [0.2, 0.25) is 0 Å². The summed E-state index contributed by atoms with van der Waals surface area (Å²) < 4.78 is 26.0. The van der Waals surface area contributed by atoms with Gasteiger partial charge >= 0.3 is 0 Å². The van der Waals surface area contributed by atoms with E-state index in [1.165, 1.54) is 6.92 Å². The summed E-state index contributed by atoms with van der Waals surface area (Å²) in [5.74, 6) is -0.256. The highest BCUT2D eigenvalue weighted by Gasteiger charge is 2.28. The second-order valence-corrected chi connectivity index (χ2v) is 6.21. The van der Waals surface area contributed by atoms with Gasteiger partial charge in [0.25, 0.3) is 0 Å². The summed E-state index contributed by atoms with van der Waals surface area (Å²) in [6, 6.07) is 6.53. The average molecular weight is 274 g/mol. The summed E-state index contributed by atoms with van der Waals surface area (Å²) in [6.07, 6.45) is 0. The number of rotatable bonds is 6. The second kappa shape index (κ2) is 5.66. The number of anilines is 1. The summed E-state index contributed by atoms with van der Waals surface area (Å²) in [4.78, 5) is 0. The molecule has 18 heavy (non-hydrogen) atoms. The van der Waals surface area contributed by atoms with E-state index in [4.69, 9.17) is 15.9 Å². The Morgan fingerprint density at radius 1 is 1.33 bits per heavy atom. The van der Waals surface area contributed by atoms with Crippen LogP contribution in [0.5, 0.6) is 0 Å². The number of sulfonamides is 1. The van der Waals surface area contributed by atoms with Crippen LogP contribution in [-0.2, 0) is 15.8 Å². The third-order valence-corrected chi connectivity index (χ3v) is 3.92. The van der Waals surface area contributed by atoms with Crippen molar-refractivity contribution in [2.45, 2.75) is 18.2 Å². The van der Waals surface area contributed by atoms with Crippen molar-refractivity contribution in [2.24, 2.45) is 0 Å². The molecule has 0 aliphatic carbocycles. The van der Waals surface area contributed by atoms with E-state index >= 15 is 0 Å². The van der Waals surface area contributed by atoms with Gasteiger partial charge in [-0.1, -0.05) is 12.1 Å². The quantitative estimate of drug-likeness (QED) is 0.519. The normalized spacial score (nSPS) is 12.6. The average Bonchev–Trinajstić information content (AvgIpc) is 2.27. The summed E-state index contributed by atoms with van der Waals surface area (Å²) in [7, 11) is -3.66. The van der Waals surface area contributed by atoms with Gasteiger partial charge in [0.1, 0.15) is 0 Å². The molecule has 0 aromatic heterocycles. The van der Waals surface area contributed by atoms with Crippen molar-refractivity contribution in [1.29, 1.82) is 0 Å². The predicted molar refractivity (Wildman–Crippen MR) is 69.2 cm³/mol. The monoisotopic (exact) mass is 274 g/mol. The van der Waals surface area contributed by atoms with E-state index in [0.717, 1.165) is 0 Å². The van der Waals surface area contributed by atoms with Gasteiger partial charge in [-0.2, -0.15) is 0 Å². The highest BCUT2D eigenvalue weighted by Crippen LogP contribution is 2.12. The molecule has 5 N–H and O–H groups in total. The molecule has 7 heteroatoms. The van der Waals surface area contributed by atoms with Crippen LogP contribution in [0.15, 0.2) is 24.3 Å². The van der Waals surface area contributed by atoms with Gasteiger partial charge in [-0.15, -0.1) is 0 Å². The van der Waals surface area contributed by atoms with Crippen molar-refractivity contribution in [3.8, 4) is 0 Å². The number of nitrogen functional groups attached to an aromatic ring is 1. The molecule has 0 bridgehead atoms. The molecule has 0 heterocycles. The molecule has 102 valence electrons. The molecule has 0 saturated heterocycles. The highest BCUT2D eigenvalue weighted by molar-refractivity contribution is 7.88. The Morgan fingerprint density at radius 2 is 1.94 bits per heavy atom. The number of aliphatic hydroxyl groups is 2. The first kappa shape index (κ1) is 14.9. The molecule has 0 fully saturated rings. The molecule has 0 spiro atoms. The van der Waals surface area contributed by atoms with E-state index in [0.29, 0.717) is 11.3 Å². The van der Waals surface area contributed by atoms with E-state index in [1.54, 1.807) is 24.3 Å². The molecule has 0 aliphatic rings. The van der Waals surface area contributed by atoms with Crippen molar-refractivity contribution in [2.75, 3.05) is 18.9 Å². The molecule has 0 atom stereocenters. The molecule has 1 aromatic carbocycles. The summed E-state index contributed by atoms with van der Waals surface area (Å²) in [5.41, 5.74) is 5.32. The molecule has 0 unspecified atom stereocenters. The Hall–Kier alpha value is -1.15. The number of benzene rings is 1. The Kier molecular flexibility index (Phi) is 4.69. The van der Waals surface area contributed by atoms with E-state index in [2.05, 4.69) is 4.72 Å². The van der Waals surface area contributed by atoms with Gasteiger partial charge < -0.3 is 15.9 Å². The van der Waals surface area contributed by atoms with Gasteiger partial charge in [0.2, 0.25) is 10.0 Å². The minimum absolute atomic E-state index is 0.256. The van der Waals surface area contributed by atoms with Crippen LogP contribution in [-0.4, -0.2) is 37.4 Å². The maximum absolute atomic E-state index is 11.9. The first-order valence-corrected chi connectivity index (χ1v) is 7.03. The minimum atomic E-state index is -3.66. The summed E-state index contributed by atoms with van der Waals surface area (Å²) >= 11 is 0. The lowest BCUT2D eigenvalue weighted by Gasteiger charge is -2.25. The van der Waals surface area contributed by atoms with Crippen LogP contribution in [0.25, 0.3) is 0 Å². The fourth-order valence-corrected chi connectivity index (χ4v) is 3.00. The van der Waals surface area contributed by atoms with Gasteiger partial charge in [0.05, 0.1) is 24.5 Å².